The minimum Gasteiger partial charge on any atom is -0.369 e. The van der Waals surface area contributed by atoms with Crippen molar-refractivity contribution in [2.24, 2.45) is 0 Å². The summed E-state index contributed by atoms with van der Waals surface area (Å²) in [5, 5.41) is 0. The Balaban J connectivity index is 2.86. The van der Waals surface area contributed by atoms with E-state index in [0.29, 0.717) is 11.5 Å². The molecule has 0 aliphatic carbocycles. The largest absolute Gasteiger partial charge is 0.369 e. The lowest BCUT2D eigenvalue weighted by Crippen LogP contribution is -1.93. The highest BCUT2D eigenvalue weighted by Gasteiger charge is 1.98. The molecule has 0 saturated heterocycles. The van der Waals surface area contributed by atoms with Crippen LogP contribution in [0.1, 0.15) is 0 Å². The summed E-state index contributed by atoms with van der Waals surface area (Å²) >= 11 is 0. The molecule has 2 rings (SSSR count). The van der Waals surface area contributed by atoms with Crippen LogP contribution in [-0.4, -0.2) is 9.38 Å². The molecule has 11 heavy (non-hydrogen) atoms. The van der Waals surface area contributed by atoms with Crippen LogP contribution in [0.4, 0.5) is 10.3 Å². The van der Waals surface area contributed by atoms with Gasteiger partial charge in [-0.3, -0.25) is 4.40 Å². The number of rotatable bonds is 0. The number of pyridine rings is 1. The SMILES string of the molecule is Nc1ncc2cc(F)ccn12. The van der Waals surface area contributed by atoms with Gasteiger partial charge in [-0.15, -0.1) is 0 Å². The second-order valence-electron chi connectivity index (χ2n) is 2.26. The van der Waals surface area contributed by atoms with Gasteiger partial charge >= 0.3 is 0 Å². The van der Waals surface area contributed by atoms with Gasteiger partial charge in [0.15, 0.2) is 0 Å². The molecule has 0 saturated carbocycles. The second kappa shape index (κ2) is 1.95. The van der Waals surface area contributed by atoms with E-state index in [1.165, 1.54) is 18.3 Å². The number of hydrogen-bond donors (Lipinski definition) is 1. The molecule has 2 aromatic rings. The molecule has 0 aliphatic heterocycles. The van der Waals surface area contributed by atoms with E-state index in [-0.39, 0.29) is 5.82 Å². The van der Waals surface area contributed by atoms with Gasteiger partial charge < -0.3 is 5.73 Å². The lowest BCUT2D eigenvalue weighted by molar-refractivity contribution is 0.627. The highest BCUT2D eigenvalue weighted by molar-refractivity contribution is 5.50. The topological polar surface area (TPSA) is 43.3 Å². The molecule has 0 bridgehead atoms. The molecule has 2 heterocycles. The van der Waals surface area contributed by atoms with E-state index < -0.39 is 0 Å². The van der Waals surface area contributed by atoms with Crippen molar-refractivity contribution in [1.82, 2.24) is 9.38 Å². The molecule has 3 nitrogen and oxygen atoms in total. The zero-order valence-electron chi connectivity index (χ0n) is 5.66. The van der Waals surface area contributed by atoms with Gasteiger partial charge in [0.05, 0.1) is 11.7 Å². The van der Waals surface area contributed by atoms with Crippen LogP contribution in [0.15, 0.2) is 24.5 Å². The van der Waals surface area contributed by atoms with Crippen molar-refractivity contribution >= 4 is 11.5 Å². The average Bonchev–Trinajstić information content (AvgIpc) is 2.32. The summed E-state index contributed by atoms with van der Waals surface area (Å²) in [7, 11) is 0. The third-order valence-corrected chi connectivity index (χ3v) is 1.52. The summed E-state index contributed by atoms with van der Waals surface area (Å²) in [6.45, 7) is 0. The maximum absolute atomic E-state index is 12.6. The van der Waals surface area contributed by atoms with Crippen LogP contribution >= 0.6 is 0 Å². The standard InChI is InChI=1S/C7H6FN3/c8-5-1-2-11-6(3-5)4-10-7(11)9/h1-4H,(H2,9,10). The molecule has 0 atom stereocenters. The van der Waals surface area contributed by atoms with Gasteiger partial charge in [0.2, 0.25) is 5.95 Å². The van der Waals surface area contributed by atoms with E-state index in [2.05, 4.69) is 4.98 Å². The molecule has 2 aromatic heterocycles. The van der Waals surface area contributed by atoms with E-state index >= 15 is 0 Å². The van der Waals surface area contributed by atoms with Crippen LogP contribution in [0.3, 0.4) is 0 Å². The fourth-order valence-corrected chi connectivity index (χ4v) is 0.993. The van der Waals surface area contributed by atoms with Crippen LogP contribution in [-0.2, 0) is 0 Å². The van der Waals surface area contributed by atoms with Gasteiger partial charge in [0.25, 0.3) is 0 Å². The molecule has 0 unspecified atom stereocenters. The fraction of sp³-hybridized carbons (Fsp3) is 0. The lowest BCUT2D eigenvalue weighted by atomic mass is 10.4. The minimum absolute atomic E-state index is 0.280. The molecular formula is C7H6FN3. The minimum atomic E-state index is -0.280. The smallest absolute Gasteiger partial charge is 0.204 e. The number of aromatic nitrogens is 2. The maximum Gasteiger partial charge on any atom is 0.204 e. The third kappa shape index (κ3) is 0.832. The van der Waals surface area contributed by atoms with Gasteiger partial charge in [-0.1, -0.05) is 0 Å². The Hall–Kier alpha value is -1.58. The lowest BCUT2D eigenvalue weighted by Gasteiger charge is -1.93. The van der Waals surface area contributed by atoms with Crippen LogP contribution < -0.4 is 5.73 Å². The van der Waals surface area contributed by atoms with Crippen LogP contribution in [0.2, 0.25) is 0 Å². The monoisotopic (exact) mass is 151 g/mol. The second-order valence-corrected chi connectivity index (χ2v) is 2.26. The van der Waals surface area contributed by atoms with Crippen LogP contribution in [0.5, 0.6) is 0 Å². The summed E-state index contributed by atoms with van der Waals surface area (Å²) in [6, 6.07) is 2.72. The Morgan fingerprint density at radius 1 is 1.55 bits per heavy atom. The Labute approximate surface area is 62.3 Å². The number of hydrogen-bond acceptors (Lipinski definition) is 2. The predicted molar refractivity (Wildman–Crippen MR) is 39.6 cm³/mol. The van der Waals surface area contributed by atoms with Crippen LogP contribution in [0.25, 0.3) is 5.52 Å². The van der Waals surface area contributed by atoms with E-state index in [1.807, 2.05) is 0 Å². The Morgan fingerprint density at radius 2 is 2.36 bits per heavy atom. The number of fused-ring (bicyclic) bond motifs is 1. The average molecular weight is 151 g/mol. The maximum atomic E-state index is 12.6. The fourth-order valence-electron chi connectivity index (χ4n) is 0.993. The summed E-state index contributed by atoms with van der Waals surface area (Å²) < 4.78 is 14.2. The van der Waals surface area contributed by atoms with Crippen LogP contribution in [0, 0.1) is 5.82 Å². The van der Waals surface area contributed by atoms with Crippen molar-refractivity contribution in [3.8, 4) is 0 Å². The molecule has 0 fully saturated rings. The molecule has 0 spiro atoms. The summed E-state index contributed by atoms with van der Waals surface area (Å²) in [6.07, 6.45) is 3.07. The number of imidazole rings is 1. The number of nitrogens with zero attached hydrogens (tertiary/aromatic N) is 2. The Morgan fingerprint density at radius 3 is 3.18 bits per heavy atom. The highest BCUT2D eigenvalue weighted by Crippen LogP contribution is 2.08. The third-order valence-electron chi connectivity index (χ3n) is 1.52. The van der Waals surface area contributed by atoms with Crippen molar-refractivity contribution in [3.05, 3.63) is 30.3 Å². The zero-order valence-corrected chi connectivity index (χ0v) is 5.66. The van der Waals surface area contributed by atoms with E-state index in [9.17, 15) is 4.39 Å². The molecule has 2 N–H and O–H groups in total. The van der Waals surface area contributed by atoms with Gasteiger partial charge in [-0.05, 0) is 12.1 Å². The molecular weight excluding hydrogens is 145 g/mol. The summed E-state index contributed by atoms with van der Waals surface area (Å²) in [5.74, 6) is 0.0948. The molecule has 0 amide bonds. The first-order chi connectivity index (χ1) is 5.27. The number of halogens is 1. The van der Waals surface area contributed by atoms with Crippen molar-refractivity contribution in [3.63, 3.8) is 0 Å². The van der Waals surface area contributed by atoms with Gasteiger partial charge in [-0.25, -0.2) is 9.37 Å². The van der Waals surface area contributed by atoms with Crippen molar-refractivity contribution in [2.45, 2.75) is 0 Å². The number of nitrogen functional groups attached to an aromatic ring is 1. The van der Waals surface area contributed by atoms with Crippen molar-refractivity contribution in [1.29, 1.82) is 0 Å². The van der Waals surface area contributed by atoms with Gasteiger partial charge in [0.1, 0.15) is 5.82 Å². The Kier molecular flexibility index (Phi) is 1.09. The van der Waals surface area contributed by atoms with E-state index in [1.54, 1.807) is 10.6 Å². The summed E-state index contributed by atoms with van der Waals surface area (Å²) in [5.41, 5.74) is 6.12. The van der Waals surface area contributed by atoms with Gasteiger partial charge in [0, 0.05) is 6.20 Å². The molecule has 56 valence electrons. The quantitative estimate of drug-likeness (QED) is 0.611. The number of anilines is 1. The van der Waals surface area contributed by atoms with Gasteiger partial charge in [-0.2, -0.15) is 0 Å². The van der Waals surface area contributed by atoms with Crippen molar-refractivity contribution < 1.29 is 4.39 Å². The summed E-state index contributed by atoms with van der Waals surface area (Å²) in [4.78, 5) is 3.81. The van der Waals surface area contributed by atoms with E-state index in [4.69, 9.17) is 5.73 Å². The first kappa shape index (κ1) is 6.15. The molecule has 0 aromatic carbocycles. The molecule has 0 aliphatic rings. The first-order valence-electron chi connectivity index (χ1n) is 3.15. The molecule has 0 radical (unpaired) electrons. The predicted octanol–water partition coefficient (Wildman–Crippen LogP) is 1.06. The first-order valence-corrected chi connectivity index (χ1v) is 3.15. The van der Waals surface area contributed by atoms with Crippen molar-refractivity contribution in [2.75, 3.05) is 5.73 Å². The van der Waals surface area contributed by atoms with E-state index in [0.717, 1.165) is 0 Å². The molecule has 4 heteroatoms. The normalized spacial score (nSPS) is 10.6. The Bertz CT molecular complexity index is 393. The number of nitrogens with two attached hydrogens (primary N) is 1. The zero-order chi connectivity index (χ0) is 7.84. The highest BCUT2D eigenvalue weighted by atomic mass is 19.1.